The first kappa shape index (κ1) is 13.3. The zero-order chi connectivity index (χ0) is 14.4. The predicted octanol–water partition coefficient (Wildman–Crippen LogP) is 3.01. The van der Waals surface area contributed by atoms with Gasteiger partial charge in [0.2, 0.25) is 0 Å². The van der Waals surface area contributed by atoms with Gasteiger partial charge in [0.15, 0.2) is 0 Å². The molecule has 1 aromatic rings. The highest BCUT2D eigenvalue weighted by Crippen LogP contribution is 2.63. The van der Waals surface area contributed by atoms with Crippen LogP contribution in [0.15, 0.2) is 29.5 Å². The second-order valence-corrected chi connectivity index (χ2v) is 6.71. The van der Waals surface area contributed by atoms with Crippen LogP contribution < -0.4 is 5.43 Å². The third kappa shape index (κ3) is 1.78. The molecule has 106 valence electrons. The van der Waals surface area contributed by atoms with Gasteiger partial charge in [-0.05, 0) is 42.7 Å². The van der Waals surface area contributed by atoms with E-state index in [0.29, 0.717) is 11.6 Å². The largest absolute Gasteiger partial charge is 0.289 e. The minimum atomic E-state index is -0.234. The van der Waals surface area contributed by atoms with Crippen molar-refractivity contribution in [1.82, 2.24) is 10.4 Å². The molecule has 1 amide bonds. The Morgan fingerprint density at radius 2 is 2.20 bits per heavy atom. The quantitative estimate of drug-likeness (QED) is 0.841. The van der Waals surface area contributed by atoms with E-state index in [4.69, 9.17) is 0 Å². The molecule has 4 heteroatoms. The predicted molar refractivity (Wildman–Crippen MR) is 78.4 cm³/mol. The monoisotopic (exact) mass is 271 g/mol. The Kier molecular flexibility index (Phi) is 2.92. The van der Waals surface area contributed by atoms with Gasteiger partial charge in [-0.3, -0.25) is 9.78 Å². The fraction of sp³-hybridized carbons (Fsp3) is 0.562. The molecule has 2 fully saturated rings. The average molecular weight is 271 g/mol. The molecule has 2 atom stereocenters. The minimum Gasteiger partial charge on any atom is -0.266 e. The van der Waals surface area contributed by atoms with E-state index in [-0.39, 0.29) is 16.7 Å². The summed E-state index contributed by atoms with van der Waals surface area (Å²) in [5, 5.41) is 4.43. The summed E-state index contributed by atoms with van der Waals surface area (Å²) in [6.07, 6.45) is 5.07. The fourth-order valence-corrected chi connectivity index (χ4v) is 3.77. The number of carbonyl (C=O) groups excluding carboxylic acids is 1. The van der Waals surface area contributed by atoms with E-state index in [1.165, 1.54) is 12.8 Å². The van der Waals surface area contributed by atoms with Crippen molar-refractivity contribution < 1.29 is 4.79 Å². The van der Waals surface area contributed by atoms with Gasteiger partial charge in [0.1, 0.15) is 5.69 Å². The molecule has 4 nitrogen and oxygen atoms in total. The Morgan fingerprint density at radius 3 is 2.75 bits per heavy atom. The zero-order valence-corrected chi connectivity index (χ0v) is 12.3. The maximum absolute atomic E-state index is 12.0. The van der Waals surface area contributed by atoms with Crippen LogP contribution in [0.1, 0.15) is 50.5 Å². The third-order valence-electron chi connectivity index (χ3n) is 5.70. The number of amides is 1. The lowest BCUT2D eigenvalue weighted by atomic mass is 9.70. The SMILES string of the molecule is CC1(C)[C@H]2CC[C@@]1(C)/C(=N\NC(=O)c1ccccn1)C2. The summed E-state index contributed by atoms with van der Waals surface area (Å²) < 4.78 is 0. The highest BCUT2D eigenvalue weighted by atomic mass is 16.2. The van der Waals surface area contributed by atoms with E-state index in [9.17, 15) is 4.79 Å². The van der Waals surface area contributed by atoms with Crippen molar-refractivity contribution in [3.63, 3.8) is 0 Å². The molecule has 1 aromatic heterocycles. The molecule has 3 rings (SSSR count). The standard InChI is InChI=1S/C16H21N3O/c1-15(2)11-7-8-16(15,3)13(10-11)18-19-14(20)12-6-4-5-9-17-12/h4-6,9,11H,7-8,10H2,1-3H3,(H,19,20)/b18-13-/t11-,16-/m0/s1. The summed E-state index contributed by atoms with van der Waals surface area (Å²) in [6.45, 7) is 6.94. The molecule has 0 saturated heterocycles. The topological polar surface area (TPSA) is 54.4 Å². The number of carbonyl (C=O) groups is 1. The highest BCUT2D eigenvalue weighted by Gasteiger charge is 2.59. The molecule has 2 saturated carbocycles. The number of hydrogen-bond acceptors (Lipinski definition) is 3. The molecular weight excluding hydrogens is 250 g/mol. The molecule has 0 aromatic carbocycles. The maximum Gasteiger partial charge on any atom is 0.289 e. The second-order valence-electron chi connectivity index (χ2n) is 6.71. The van der Waals surface area contributed by atoms with Crippen molar-refractivity contribution >= 4 is 11.6 Å². The summed E-state index contributed by atoms with van der Waals surface area (Å²) >= 11 is 0. The number of nitrogens with one attached hydrogen (secondary N) is 1. The third-order valence-corrected chi connectivity index (χ3v) is 5.70. The summed E-state index contributed by atoms with van der Waals surface area (Å²) in [7, 11) is 0. The Bertz CT molecular complexity index is 564. The molecule has 2 aliphatic carbocycles. The molecule has 20 heavy (non-hydrogen) atoms. The lowest BCUT2D eigenvalue weighted by Crippen LogP contribution is -2.34. The highest BCUT2D eigenvalue weighted by molar-refractivity contribution is 5.97. The minimum absolute atomic E-state index is 0.120. The molecule has 1 heterocycles. The van der Waals surface area contributed by atoms with E-state index in [1.54, 1.807) is 24.4 Å². The van der Waals surface area contributed by atoms with Gasteiger partial charge in [0, 0.05) is 17.3 Å². The Hall–Kier alpha value is -1.71. The van der Waals surface area contributed by atoms with Crippen LogP contribution in [-0.2, 0) is 0 Å². The van der Waals surface area contributed by atoms with Crippen molar-refractivity contribution in [3.05, 3.63) is 30.1 Å². The van der Waals surface area contributed by atoms with Crippen molar-refractivity contribution in [2.24, 2.45) is 21.8 Å². The van der Waals surface area contributed by atoms with Crippen LogP contribution >= 0.6 is 0 Å². The number of pyridine rings is 1. The van der Waals surface area contributed by atoms with Gasteiger partial charge >= 0.3 is 0 Å². The van der Waals surface area contributed by atoms with Crippen LogP contribution in [0, 0.1) is 16.7 Å². The first-order valence-corrected chi connectivity index (χ1v) is 7.23. The van der Waals surface area contributed by atoms with Crippen LogP contribution in [0.5, 0.6) is 0 Å². The van der Waals surface area contributed by atoms with E-state index in [0.717, 1.165) is 12.1 Å². The van der Waals surface area contributed by atoms with Crippen LogP contribution in [0.2, 0.25) is 0 Å². The van der Waals surface area contributed by atoms with E-state index in [1.807, 2.05) is 0 Å². The summed E-state index contributed by atoms with van der Waals surface area (Å²) in [4.78, 5) is 16.0. The number of rotatable bonds is 2. The Morgan fingerprint density at radius 1 is 1.40 bits per heavy atom. The van der Waals surface area contributed by atoms with Gasteiger partial charge < -0.3 is 0 Å². The van der Waals surface area contributed by atoms with Crippen LogP contribution in [0.4, 0.5) is 0 Å². The van der Waals surface area contributed by atoms with Gasteiger partial charge in [-0.2, -0.15) is 5.10 Å². The molecule has 2 bridgehead atoms. The Labute approximate surface area is 119 Å². The van der Waals surface area contributed by atoms with E-state index < -0.39 is 0 Å². The van der Waals surface area contributed by atoms with E-state index in [2.05, 4.69) is 36.3 Å². The maximum atomic E-state index is 12.0. The van der Waals surface area contributed by atoms with Crippen molar-refractivity contribution in [2.45, 2.75) is 40.0 Å². The van der Waals surface area contributed by atoms with Crippen molar-refractivity contribution in [2.75, 3.05) is 0 Å². The number of aromatic nitrogens is 1. The average Bonchev–Trinajstić information content (AvgIpc) is 2.78. The summed E-state index contributed by atoms with van der Waals surface area (Å²) in [5.41, 5.74) is 4.62. The van der Waals surface area contributed by atoms with Gasteiger partial charge in [0.25, 0.3) is 5.91 Å². The smallest absolute Gasteiger partial charge is 0.266 e. The summed E-state index contributed by atoms with van der Waals surface area (Å²) in [6, 6.07) is 5.29. The normalized spacial score (nSPS) is 32.5. The van der Waals surface area contributed by atoms with Crippen LogP contribution in [-0.4, -0.2) is 16.6 Å². The van der Waals surface area contributed by atoms with Gasteiger partial charge in [-0.25, -0.2) is 5.43 Å². The number of nitrogens with zero attached hydrogens (tertiary/aromatic N) is 2. The molecule has 0 aliphatic heterocycles. The number of hydrazone groups is 1. The molecule has 2 aliphatic rings. The van der Waals surface area contributed by atoms with Gasteiger partial charge in [-0.1, -0.05) is 26.8 Å². The first-order valence-electron chi connectivity index (χ1n) is 7.23. The lowest BCUT2D eigenvalue weighted by Gasteiger charge is -2.34. The lowest BCUT2D eigenvalue weighted by molar-refractivity contribution is 0.0949. The fourth-order valence-electron chi connectivity index (χ4n) is 3.77. The molecule has 0 unspecified atom stereocenters. The number of hydrogen-bond donors (Lipinski definition) is 1. The number of fused-ring (bicyclic) bond motifs is 2. The second kappa shape index (κ2) is 4.40. The summed E-state index contributed by atoms with van der Waals surface area (Å²) in [5.74, 6) is 0.459. The van der Waals surface area contributed by atoms with E-state index >= 15 is 0 Å². The molecule has 0 radical (unpaired) electrons. The van der Waals surface area contributed by atoms with Gasteiger partial charge in [-0.15, -0.1) is 0 Å². The zero-order valence-electron chi connectivity index (χ0n) is 12.3. The van der Waals surface area contributed by atoms with Crippen molar-refractivity contribution in [3.8, 4) is 0 Å². The van der Waals surface area contributed by atoms with Crippen LogP contribution in [0.3, 0.4) is 0 Å². The van der Waals surface area contributed by atoms with Gasteiger partial charge in [0.05, 0.1) is 0 Å². The molecule has 1 N–H and O–H groups in total. The Balaban J connectivity index is 1.77. The molecule has 0 spiro atoms. The molecular formula is C16H21N3O. The van der Waals surface area contributed by atoms with Crippen LogP contribution in [0.25, 0.3) is 0 Å². The van der Waals surface area contributed by atoms with Crippen molar-refractivity contribution in [1.29, 1.82) is 0 Å². The first-order chi connectivity index (χ1) is 9.45.